The molecule has 0 aromatic heterocycles. The lowest BCUT2D eigenvalue weighted by Gasteiger charge is -2.23. The fraction of sp³-hybridized carbons (Fsp3) is 0.923. The van der Waals surface area contributed by atoms with E-state index in [1.807, 2.05) is 20.8 Å². The summed E-state index contributed by atoms with van der Waals surface area (Å²) >= 11 is 0. The van der Waals surface area contributed by atoms with Gasteiger partial charge >= 0.3 is 6.09 Å². The van der Waals surface area contributed by atoms with Gasteiger partial charge < -0.3 is 10.1 Å². The Morgan fingerprint density at radius 2 is 1.88 bits per heavy atom. The molecule has 3 nitrogen and oxygen atoms in total. The summed E-state index contributed by atoms with van der Waals surface area (Å²) in [7, 11) is 0. The molecule has 1 unspecified atom stereocenters. The summed E-state index contributed by atoms with van der Waals surface area (Å²) in [5.74, 6) is 1.13. The molecular weight excluding hydrogens is 202 g/mol. The number of hydrogen-bond donors (Lipinski definition) is 1. The first-order chi connectivity index (χ1) is 7.26. The van der Waals surface area contributed by atoms with Crippen LogP contribution in [0.5, 0.6) is 0 Å². The predicted molar refractivity (Wildman–Crippen MR) is 67.5 cm³/mol. The molecule has 1 N–H and O–H groups in total. The maximum Gasteiger partial charge on any atom is 0.407 e. The zero-order chi connectivity index (χ0) is 12.8. The van der Waals surface area contributed by atoms with Gasteiger partial charge in [-0.15, -0.1) is 0 Å². The molecular formula is C13H27NO2. The molecule has 0 bridgehead atoms. The topological polar surface area (TPSA) is 38.3 Å². The van der Waals surface area contributed by atoms with Crippen LogP contribution in [0, 0.1) is 11.8 Å². The Morgan fingerprint density at radius 3 is 2.25 bits per heavy atom. The van der Waals surface area contributed by atoms with Crippen LogP contribution in [-0.4, -0.2) is 18.2 Å². The van der Waals surface area contributed by atoms with Crippen molar-refractivity contribution in [3.05, 3.63) is 0 Å². The minimum Gasteiger partial charge on any atom is -0.444 e. The molecule has 0 aliphatic heterocycles. The molecule has 0 saturated carbocycles. The third kappa shape index (κ3) is 7.55. The summed E-state index contributed by atoms with van der Waals surface area (Å²) in [6.45, 7) is 12.9. The number of carbonyl (C=O) groups excluding carboxylic acids is 1. The Hall–Kier alpha value is -0.730. The minimum atomic E-state index is -0.415. The summed E-state index contributed by atoms with van der Waals surface area (Å²) in [6, 6.07) is 0. The standard InChI is InChI=1S/C13H27NO2/c1-7-8-11(10(2)3)9-14-12(15)16-13(4,5)6/h10-11H,7-9H2,1-6H3,(H,14,15). The lowest BCUT2D eigenvalue weighted by molar-refractivity contribution is 0.0513. The largest absolute Gasteiger partial charge is 0.444 e. The number of hydrogen-bond acceptors (Lipinski definition) is 2. The monoisotopic (exact) mass is 229 g/mol. The van der Waals surface area contributed by atoms with Crippen LogP contribution in [0.1, 0.15) is 54.4 Å². The second kappa shape index (κ2) is 6.77. The van der Waals surface area contributed by atoms with Crippen LogP contribution in [-0.2, 0) is 4.74 Å². The summed E-state index contributed by atoms with van der Waals surface area (Å²) < 4.78 is 5.20. The fourth-order valence-electron chi connectivity index (χ4n) is 1.57. The Balaban J connectivity index is 3.97. The summed E-state index contributed by atoms with van der Waals surface area (Å²) in [5.41, 5.74) is -0.415. The summed E-state index contributed by atoms with van der Waals surface area (Å²) in [5, 5.41) is 2.84. The molecule has 0 fully saturated rings. The quantitative estimate of drug-likeness (QED) is 0.782. The maximum atomic E-state index is 11.5. The molecule has 0 aromatic rings. The minimum absolute atomic E-state index is 0.311. The zero-order valence-corrected chi connectivity index (χ0v) is 11.6. The molecule has 96 valence electrons. The number of ether oxygens (including phenoxy) is 1. The second-order valence-corrected chi connectivity index (χ2v) is 5.68. The SMILES string of the molecule is CCCC(CNC(=O)OC(C)(C)C)C(C)C. The fourth-order valence-corrected chi connectivity index (χ4v) is 1.57. The van der Waals surface area contributed by atoms with Crippen LogP contribution >= 0.6 is 0 Å². The highest BCUT2D eigenvalue weighted by molar-refractivity contribution is 5.67. The van der Waals surface area contributed by atoms with Gasteiger partial charge in [0.2, 0.25) is 0 Å². The first-order valence-corrected chi connectivity index (χ1v) is 6.23. The van der Waals surface area contributed by atoms with Crippen LogP contribution < -0.4 is 5.32 Å². The third-order valence-corrected chi connectivity index (χ3v) is 2.51. The molecule has 3 heteroatoms. The second-order valence-electron chi connectivity index (χ2n) is 5.68. The first kappa shape index (κ1) is 15.3. The summed E-state index contributed by atoms with van der Waals surface area (Å²) in [6.07, 6.45) is 1.99. The van der Waals surface area contributed by atoms with E-state index in [0.29, 0.717) is 18.4 Å². The molecule has 0 aliphatic carbocycles. The van der Waals surface area contributed by atoms with E-state index in [9.17, 15) is 4.79 Å². The highest BCUT2D eigenvalue weighted by Crippen LogP contribution is 2.16. The zero-order valence-electron chi connectivity index (χ0n) is 11.6. The van der Waals surface area contributed by atoms with Crippen molar-refractivity contribution in [3.8, 4) is 0 Å². The van der Waals surface area contributed by atoms with E-state index in [2.05, 4.69) is 26.1 Å². The number of nitrogens with one attached hydrogen (secondary N) is 1. The average Bonchev–Trinajstić information content (AvgIpc) is 2.08. The van der Waals surface area contributed by atoms with Crippen LogP contribution in [0.2, 0.25) is 0 Å². The lowest BCUT2D eigenvalue weighted by Crippen LogP contribution is -2.36. The van der Waals surface area contributed by atoms with Crippen LogP contribution in [0.3, 0.4) is 0 Å². The average molecular weight is 229 g/mol. The lowest BCUT2D eigenvalue weighted by atomic mass is 9.91. The summed E-state index contributed by atoms with van der Waals surface area (Å²) in [4.78, 5) is 11.5. The van der Waals surface area contributed by atoms with Gasteiger partial charge in [0.05, 0.1) is 0 Å². The molecule has 16 heavy (non-hydrogen) atoms. The molecule has 0 heterocycles. The van der Waals surface area contributed by atoms with Gasteiger partial charge in [-0.3, -0.25) is 0 Å². The van der Waals surface area contributed by atoms with Gasteiger partial charge in [-0.2, -0.15) is 0 Å². The van der Waals surface area contributed by atoms with E-state index >= 15 is 0 Å². The predicted octanol–water partition coefficient (Wildman–Crippen LogP) is 3.58. The van der Waals surface area contributed by atoms with Gasteiger partial charge in [0.15, 0.2) is 0 Å². The van der Waals surface area contributed by atoms with E-state index < -0.39 is 5.60 Å². The third-order valence-electron chi connectivity index (χ3n) is 2.51. The van der Waals surface area contributed by atoms with E-state index in [4.69, 9.17) is 4.74 Å². The van der Waals surface area contributed by atoms with Crippen LogP contribution in [0.4, 0.5) is 4.79 Å². The van der Waals surface area contributed by atoms with E-state index in [1.54, 1.807) is 0 Å². The smallest absolute Gasteiger partial charge is 0.407 e. The van der Waals surface area contributed by atoms with Gasteiger partial charge in [-0.1, -0.05) is 27.2 Å². The molecule has 0 rings (SSSR count). The Morgan fingerprint density at radius 1 is 1.31 bits per heavy atom. The highest BCUT2D eigenvalue weighted by atomic mass is 16.6. The Labute approximate surface area is 99.9 Å². The number of amides is 1. The van der Waals surface area contributed by atoms with Gasteiger partial charge in [0.25, 0.3) is 0 Å². The van der Waals surface area contributed by atoms with Crippen LogP contribution in [0.25, 0.3) is 0 Å². The van der Waals surface area contributed by atoms with E-state index in [1.165, 1.54) is 0 Å². The van der Waals surface area contributed by atoms with Crippen LogP contribution in [0.15, 0.2) is 0 Å². The van der Waals surface area contributed by atoms with Gasteiger partial charge in [-0.25, -0.2) is 4.79 Å². The number of rotatable bonds is 5. The van der Waals surface area contributed by atoms with E-state index in [-0.39, 0.29) is 6.09 Å². The molecule has 0 aromatic carbocycles. The molecule has 0 spiro atoms. The van der Waals surface area contributed by atoms with Gasteiger partial charge in [-0.05, 0) is 39.0 Å². The van der Waals surface area contributed by atoms with Crippen molar-refractivity contribution in [3.63, 3.8) is 0 Å². The number of alkyl carbamates (subject to hydrolysis) is 1. The van der Waals surface area contributed by atoms with Crippen molar-refractivity contribution < 1.29 is 9.53 Å². The first-order valence-electron chi connectivity index (χ1n) is 6.23. The van der Waals surface area contributed by atoms with Crippen molar-refractivity contribution in [2.75, 3.05) is 6.54 Å². The molecule has 1 atom stereocenters. The normalized spacial score (nSPS) is 13.7. The molecule has 1 amide bonds. The van der Waals surface area contributed by atoms with Crippen molar-refractivity contribution in [1.29, 1.82) is 0 Å². The van der Waals surface area contributed by atoms with E-state index in [0.717, 1.165) is 12.8 Å². The van der Waals surface area contributed by atoms with Crippen molar-refractivity contribution in [2.45, 2.75) is 60.0 Å². The van der Waals surface area contributed by atoms with Crippen molar-refractivity contribution in [1.82, 2.24) is 5.32 Å². The Kier molecular flexibility index (Phi) is 6.46. The molecule has 0 saturated heterocycles. The maximum absolute atomic E-state index is 11.5. The molecule has 0 radical (unpaired) electrons. The van der Waals surface area contributed by atoms with Crippen molar-refractivity contribution in [2.24, 2.45) is 11.8 Å². The number of carbonyl (C=O) groups is 1. The Bertz CT molecular complexity index is 206. The van der Waals surface area contributed by atoms with Gasteiger partial charge in [0.1, 0.15) is 5.60 Å². The van der Waals surface area contributed by atoms with Crippen molar-refractivity contribution >= 4 is 6.09 Å². The van der Waals surface area contributed by atoms with Gasteiger partial charge in [0, 0.05) is 6.54 Å². The highest BCUT2D eigenvalue weighted by Gasteiger charge is 2.18. The molecule has 0 aliphatic rings.